The summed E-state index contributed by atoms with van der Waals surface area (Å²) in [4.78, 5) is 31.5. The number of rotatable bonds is 6. The first kappa shape index (κ1) is 25.9. The van der Waals surface area contributed by atoms with E-state index in [1.165, 1.54) is 23.5 Å². The smallest absolute Gasteiger partial charge is 0.416 e. The number of aromatic carboxylic acids is 1. The minimum Gasteiger partial charge on any atom is -0.478 e. The monoisotopic (exact) mass is 516 g/mol. The van der Waals surface area contributed by atoms with E-state index in [2.05, 4.69) is 4.98 Å². The minimum absolute atomic E-state index is 0.101. The molecule has 1 amide bonds. The van der Waals surface area contributed by atoms with Crippen molar-refractivity contribution in [3.05, 3.63) is 75.3 Å². The van der Waals surface area contributed by atoms with Crippen LogP contribution in [0.25, 0.3) is 10.6 Å². The molecule has 1 N–H and O–H groups in total. The largest absolute Gasteiger partial charge is 0.478 e. The highest BCUT2D eigenvalue weighted by Gasteiger charge is 2.31. The number of nitrogens with zero attached hydrogens (tertiary/aromatic N) is 2. The summed E-state index contributed by atoms with van der Waals surface area (Å²) >= 11 is 1.21. The quantitative estimate of drug-likeness (QED) is 0.399. The molecule has 0 bridgehead atoms. The number of hydrogen-bond donors (Lipinski definition) is 1. The number of piperidine rings is 1. The standard InChI is InChI=1S/C27H27F3N2O3S/c1-16-5-6-18(14-22(16)26(34)35)7-8-19-4-3-13-32(15-19)25(33)23-17(2)31-24(36-23)20-9-11-21(12-10-20)27(28,29)30/h5-6,9-12,14,19H,3-4,7-8,13,15H2,1-2H3,(H,34,35)/t19-/m0/s1. The maximum Gasteiger partial charge on any atom is 0.416 e. The normalized spacial score (nSPS) is 16.2. The number of aryl methyl sites for hydroxylation is 3. The van der Waals surface area contributed by atoms with Crippen molar-refractivity contribution in [3.8, 4) is 10.6 Å². The second kappa shape index (κ2) is 10.4. The third kappa shape index (κ3) is 5.78. The van der Waals surface area contributed by atoms with E-state index in [1.807, 2.05) is 17.0 Å². The number of hydrogen-bond acceptors (Lipinski definition) is 4. The maximum atomic E-state index is 13.3. The van der Waals surface area contributed by atoms with Crippen LogP contribution >= 0.6 is 11.3 Å². The van der Waals surface area contributed by atoms with Crippen molar-refractivity contribution in [2.24, 2.45) is 5.92 Å². The van der Waals surface area contributed by atoms with Gasteiger partial charge in [0, 0.05) is 18.7 Å². The van der Waals surface area contributed by atoms with Crippen LogP contribution in [0.1, 0.15) is 61.7 Å². The first-order chi connectivity index (χ1) is 17.0. The van der Waals surface area contributed by atoms with Gasteiger partial charge in [0.15, 0.2) is 0 Å². The van der Waals surface area contributed by atoms with Crippen molar-refractivity contribution in [2.45, 2.75) is 45.7 Å². The lowest BCUT2D eigenvalue weighted by Crippen LogP contribution is -2.40. The molecule has 0 aliphatic carbocycles. The van der Waals surface area contributed by atoms with Gasteiger partial charge in [0.2, 0.25) is 0 Å². The molecular formula is C27H27F3N2O3S. The molecular weight excluding hydrogens is 489 g/mol. The zero-order valence-corrected chi connectivity index (χ0v) is 20.9. The predicted octanol–water partition coefficient (Wildman–Crippen LogP) is 6.63. The molecule has 9 heteroatoms. The van der Waals surface area contributed by atoms with E-state index < -0.39 is 17.7 Å². The summed E-state index contributed by atoms with van der Waals surface area (Å²) in [5.41, 5.74) is 2.42. The summed E-state index contributed by atoms with van der Waals surface area (Å²) in [6.45, 7) is 4.79. The molecule has 1 fully saturated rings. The second-order valence-corrected chi connectivity index (χ2v) is 10.3. The van der Waals surface area contributed by atoms with Gasteiger partial charge in [-0.1, -0.05) is 24.3 Å². The summed E-state index contributed by atoms with van der Waals surface area (Å²) < 4.78 is 38.6. The summed E-state index contributed by atoms with van der Waals surface area (Å²) in [6.07, 6.45) is -0.926. The third-order valence-electron chi connectivity index (χ3n) is 6.63. The highest BCUT2D eigenvalue weighted by molar-refractivity contribution is 7.17. The third-order valence-corrected chi connectivity index (χ3v) is 7.82. The number of carbonyl (C=O) groups is 2. The molecule has 1 aliphatic heterocycles. The van der Waals surface area contributed by atoms with Gasteiger partial charge in [-0.3, -0.25) is 4.79 Å². The van der Waals surface area contributed by atoms with E-state index in [0.29, 0.717) is 45.7 Å². The van der Waals surface area contributed by atoms with E-state index in [0.717, 1.165) is 48.9 Å². The lowest BCUT2D eigenvalue weighted by Gasteiger charge is -2.32. The molecule has 0 unspecified atom stereocenters. The number of amides is 1. The van der Waals surface area contributed by atoms with Crippen molar-refractivity contribution in [3.63, 3.8) is 0 Å². The number of alkyl halides is 3. The Morgan fingerprint density at radius 2 is 1.86 bits per heavy atom. The number of carboxylic acids is 1. The van der Waals surface area contributed by atoms with Crippen molar-refractivity contribution < 1.29 is 27.9 Å². The van der Waals surface area contributed by atoms with Gasteiger partial charge in [-0.2, -0.15) is 13.2 Å². The molecule has 5 nitrogen and oxygen atoms in total. The molecule has 3 aromatic rings. The van der Waals surface area contributed by atoms with Gasteiger partial charge in [0.05, 0.1) is 16.8 Å². The highest BCUT2D eigenvalue weighted by Crippen LogP contribution is 2.34. The van der Waals surface area contributed by atoms with Gasteiger partial charge in [-0.25, -0.2) is 9.78 Å². The van der Waals surface area contributed by atoms with Crippen LogP contribution in [0.3, 0.4) is 0 Å². The van der Waals surface area contributed by atoms with Crippen LogP contribution in [0, 0.1) is 19.8 Å². The Labute approximate surface area is 211 Å². The van der Waals surface area contributed by atoms with Gasteiger partial charge in [0.1, 0.15) is 9.88 Å². The van der Waals surface area contributed by atoms with Gasteiger partial charge < -0.3 is 10.0 Å². The zero-order valence-electron chi connectivity index (χ0n) is 20.1. The Morgan fingerprint density at radius 1 is 1.14 bits per heavy atom. The fourth-order valence-corrected chi connectivity index (χ4v) is 5.61. The van der Waals surface area contributed by atoms with E-state index in [-0.39, 0.29) is 5.91 Å². The number of likely N-dealkylation sites (tertiary alicyclic amines) is 1. The molecule has 0 spiro atoms. The number of carbonyl (C=O) groups excluding carboxylic acids is 1. The van der Waals surface area contributed by atoms with Crippen LogP contribution in [-0.4, -0.2) is 40.0 Å². The Bertz CT molecular complexity index is 1270. The molecule has 2 heterocycles. The molecule has 2 aromatic carbocycles. The predicted molar refractivity (Wildman–Crippen MR) is 132 cm³/mol. The van der Waals surface area contributed by atoms with Crippen molar-refractivity contribution in [2.75, 3.05) is 13.1 Å². The number of thiazole rings is 1. The molecule has 190 valence electrons. The lowest BCUT2D eigenvalue weighted by atomic mass is 9.91. The van der Waals surface area contributed by atoms with Crippen molar-refractivity contribution in [1.29, 1.82) is 0 Å². The summed E-state index contributed by atoms with van der Waals surface area (Å²) in [7, 11) is 0. The van der Waals surface area contributed by atoms with Crippen LogP contribution < -0.4 is 0 Å². The Hall–Kier alpha value is -3.20. The molecule has 1 aromatic heterocycles. The van der Waals surface area contributed by atoms with Crippen LogP contribution in [0.2, 0.25) is 0 Å². The topological polar surface area (TPSA) is 70.5 Å². The Kier molecular flexibility index (Phi) is 7.49. The summed E-state index contributed by atoms with van der Waals surface area (Å²) in [6, 6.07) is 10.3. The van der Waals surface area contributed by atoms with Crippen molar-refractivity contribution >= 4 is 23.2 Å². The van der Waals surface area contributed by atoms with Crippen molar-refractivity contribution in [1.82, 2.24) is 9.88 Å². The SMILES string of the molecule is Cc1ccc(CC[C@@H]2CCCN(C(=O)c3sc(-c4ccc(C(F)(F)F)cc4)nc3C)C2)cc1C(=O)O. The number of halogens is 3. The highest BCUT2D eigenvalue weighted by atomic mass is 32.1. The average Bonchev–Trinajstić information content (AvgIpc) is 3.24. The van der Waals surface area contributed by atoms with E-state index in [1.54, 1.807) is 19.9 Å². The molecule has 0 saturated carbocycles. The molecule has 4 rings (SSSR count). The fourth-order valence-electron chi connectivity index (χ4n) is 4.57. The molecule has 36 heavy (non-hydrogen) atoms. The summed E-state index contributed by atoms with van der Waals surface area (Å²) in [5, 5.41) is 9.88. The zero-order chi connectivity index (χ0) is 26.0. The first-order valence-electron chi connectivity index (χ1n) is 11.8. The molecule has 1 saturated heterocycles. The molecule has 0 radical (unpaired) electrons. The number of carboxylic acid groups (broad SMARTS) is 1. The van der Waals surface area contributed by atoms with Gasteiger partial charge >= 0.3 is 12.1 Å². The number of aromatic nitrogens is 1. The second-order valence-electron chi connectivity index (χ2n) is 9.26. The van der Waals surface area contributed by atoms with Gasteiger partial charge in [0.25, 0.3) is 5.91 Å². The van der Waals surface area contributed by atoms with Crippen LogP contribution in [-0.2, 0) is 12.6 Å². The average molecular weight is 517 g/mol. The fraction of sp³-hybridized carbons (Fsp3) is 0.370. The van der Waals surface area contributed by atoms with Gasteiger partial charge in [-0.15, -0.1) is 11.3 Å². The molecule has 1 atom stereocenters. The van der Waals surface area contributed by atoms with Crippen LogP contribution in [0.4, 0.5) is 13.2 Å². The van der Waals surface area contributed by atoms with E-state index in [4.69, 9.17) is 0 Å². The molecule has 1 aliphatic rings. The van der Waals surface area contributed by atoms with Crippen LogP contribution in [0.5, 0.6) is 0 Å². The minimum atomic E-state index is -4.40. The summed E-state index contributed by atoms with van der Waals surface area (Å²) in [5.74, 6) is -0.726. The maximum absolute atomic E-state index is 13.3. The Morgan fingerprint density at radius 3 is 2.53 bits per heavy atom. The van der Waals surface area contributed by atoms with E-state index in [9.17, 15) is 27.9 Å². The van der Waals surface area contributed by atoms with Crippen LogP contribution in [0.15, 0.2) is 42.5 Å². The van der Waals surface area contributed by atoms with Gasteiger partial charge in [-0.05, 0) is 74.8 Å². The van der Waals surface area contributed by atoms with E-state index >= 15 is 0 Å². The number of benzene rings is 2. The Balaban J connectivity index is 1.42. The lowest BCUT2D eigenvalue weighted by molar-refractivity contribution is -0.137. The first-order valence-corrected chi connectivity index (χ1v) is 12.6.